The van der Waals surface area contributed by atoms with Gasteiger partial charge >= 0.3 is 0 Å². The summed E-state index contributed by atoms with van der Waals surface area (Å²) in [6.07, 6.45) is 0. The highest BCUT2D eigenvalue weighted by Gasteiger charge is 2.30. The van der Waals surface area contributed by atoms with Crippen molar-refractivity contribution in [2.24, 2.45) is 5.41 Å². The molecule has 0 saturated heterocycles. The Bertz CT molecular complexity index is 633. The number of hydrogen-bond donors (Lipinski definition) is 1. The van der Waals surface area contributed by atoms with Gasteiger partial charge in [0.05, 0.1) is 10.5 Å². The standard InChI is InChI=1S/C14H14N2O4/c1-14(2,3)13(18)10(8-15)12(17)9-6-4-5-7-11(9)16(19)20/h4-7,17H,1-3H3. The van der Waals surface area contributed by atoms with E-state index in [2.05, 4.69) is 0 Å². The minimum absolute atomic E-state index is 0.147. The molecule has 0 saturated carbocycles. The van der Waals surface area contributed by atoms with Crippen LogP contribution in [0.1, 0.15) is 26.3 Å². The minimum Gasteiger partial charge on any atom is -0.506 e. The van der Waals surface area contributed by atoms with Crippen LogP contribution in [0.25, 0.3) is 5.76 Å². The van der Waals surface area contributed by atoms with Crippen LogP contribution in [0.3, 0.4) is 0 Å². The van der Waals surface area contributed by atoms with Gasteiger partial charge in [-0.2, -0.15) is 5.26 Å². The third kappa shape index (κ3) is 3.01. The molecule has 0 aliphatic carbocycles. The van der Waals surface area contributed by atoms with Gasteiger partial charge in [0, 0.05) is 11.5 Å². The van der Waals surface area contributed by atoms with E-state index < -0.39 is 27.5 Å². The van der Waals surface area contributed by atoms with Gasteiger partial charge < -0.3 is 5.11 Å². The number of para-hydroxylation sites is 1. The first-order valence-electron chi connectivity index (χ1n) is 5.82. The number of benzene rings is 1. The quantitative estimate of drug-likeness (QED) is 0.300. The zero-order chi connectivity index (χ0) is 15.5. The molecule has 20 heavy (non-hydrogen) atoms. The van der Waals surface area contributed by atoms with E-state index in [1.165, 1.54) is 24.3 Å². The molecule has 0 spiro atoms. The number of nitrogens with zero attached hydrogens (tertiary/aromatic N) is 2. The maximum Gasteiger partial charge on any atom is 0.280 e. The molecular formula is C14H14N2O4. The number of allylic oxidation sites excluding steroid dienone is 1. The Labute approximate surface area is 116 Å². The summed E-state index contributed by atoms with van der Waals surface area (Å²) >= 11 is 0. The molecule has 0 aliphatic rings. The van der Waals surface area contributed by atoms with Gasteiger partial charge in [-0.1, -0.05) is 32.9 Å². The van der Waals surface area contributed by atoms with Gasteiger partial charge in [-0.05, 0) is 6.07 Å². The number of hydrogen-bond acceptors (Lipinski definition) is 5. The summed E-state index contributed by atoms with van der Waals surface area (Å²) in [5.74, 6) is -1.24. The van der Waals surface area contributed by atoms with Crippen LogP contribution < -0.4 is 0 Å². The molecule has 6 heteroatoms. The molecule has 6 nitrogen and oxygen atoms in total. The number of aliphatic hydroxyl groups is 1. The fourth-order valence-corrected chi connectivity index (χ4v) is 1.55. The Kier molecular flexibility index (Phi) is 4.25. The van der Waals surface area contributed by atoms with Crippen molar-refractivity contribution in [3.63, 3.8) is 0 Å². The number of Topliss-reactive ketones (excluding diaryl/α,β-unsaturated/α-hetero) is 1. The molecule has 104 valence electrons. The van der Waals surface area contributed by atoms with E-state index in [1.54, 1.807) is 26.8 Å². The molecule has 1 rings (SSSR count). The average Bonchev–Trinajstić information content (AvgIpc) is 2.38. The molecule has 1 aromatic rings. The third-order valence-corrected chi connectivity index (χ3v) is 2.61. The number of carbonyl (C=O) groups is 1. The highest BCUT2D eigenvalue weighted by molar-refractivity contribution is 6.08. The van der Waals surface area contributed by atoms with Gasteiger partial charge in [0.1, 0.15) is 11.6 Å². The van der Waals surface area contributed by atoms with Crippen LogP contribution in [-0.4, -0.2) is 15.8 Å². The summed E-state index contributed by atoms with van der Waals surface area (Å²) in [6, 6.07) is 7.04. The summed E-state index contributed by atoms with van der Waals surface area (Å²) in [5.41, 5.74) is -1.86. The molecular weight excluding hydrogens is 260 g/mol. The third-order valence-electron chi connectivity index (χ3n) is 2.61. The fraction of sp³-hybridized carbons (Fsp3) is 0.286. The van der Waals surface area contributed by atoms with Crippen LogP contribution in [0.15, 0.2) is 29.8 Å². The lowest BCUT2D eigenvalue weighted by Gasteiger charge is -2.16. The Morgan fingerprint density at radius 3 is 2.35 bits per heavy atom. The van der Waals surface area contributed by atoms with Gasteiger partial charge in [-0.3, -0.25) is 14.9 Å². The second-order valence-corrected chi connectivity index (χ2v) is 5.19. The van der Waals surface area contributed by atoms with Gasteiger partial charge in [0.2, 0.25) is 0 Å². The molecule has 0 amide bonds. The van der Waals surface area contributed by atoms with Crippen LogP contribution in [-0.2, 0) is 4.79 Å². The number of ketones is 1. The number of aliphatic hydroxyl groups excluding tert-OH is 1. The molecule has 0 fully saturated rings. The molecule has 0 heterocycles. The summed E-state index contributed by atoms with van der Waals surface area (Å²) in [6.45, 7) is 4.79. The highest BCUT2D eigenvalue weighted by atomic mass is 16.6. The zero-order valence-corrected chi connectivity index (χ0v) is 11.4. The predicted octanol–water partition coefficient (Wildman–Crippen LogP) is 3.00. The normalized spacial score (nSPS) is 12.3. The molecule has 0 aliphatic heterocycles. The highest BCUT2D eigenvalue weighted by Crippen LogP contribution is 2.29. The first kappa shape index (κ1) is 15.4. The maximum absolute atomic E-state index is 12.1. The van der Waals surface area contributed by atoms with Crippen LogP contribution in [0.4, 0.5) is 5.69 Å². The van der Waals surface area contributed by atoms with Gasteiger partial charge in [-0.15, -0.1) is 0 Å². The molecule has 0 aromatic heterocycles. The van der Waals surface area contributed by atoms with Crippen LogP contribution in [0, 0.1) is 26.9 Å². The van der Waals surface area contributed by atoms with E-state index in [-0.39, 0.29) is 11.3 Å². The van der Waals surface area contributed by atoms with Crippen LogP contribution in [0.5, 0.6) is 0 Å². The number of rotatable bonds is 3. The zero-order valence-electron chi connectivity index (χ0n) is 11.4. The van der Waals surface area contributed by atoms with E-state index in [0.29, 0.717) is 0 Å². The maximum atomic E-state index is 12.1. The second-order valence-electron chi connectivity index (χ2n) is 5.19. The number of carbonyl (C=O) groups excluding carboxylic acids is 1. The first-order valence-corrected chi connectivity index (χ1v) is 5.82. The Morgan fingerprint density at radius 1 is 1.35 bits per heavy atom. The van der Waals surface area contributed by atoms with E-state index in [4.69, 9.17) is 5.26 Å². The van der Waals surface area contributed by atoms with Crippen molar-refractivity contribution >= 4 is 17.2 Å². The van der Waals surface area contributed by atoms with Crippen molar-refractivity contribution < 1.29 is 14.8 Å². The molecule has 0 atom stereocenters. The van der Waals surface area contributed by atoms with Gasteiger partial charge in [0.15, 0.2) is 11.5 Å². The van der Waals surface area contributed by atoms with Crippen LogP contribution >= 0.6 is 0 Å². The number of nitro benzene ring substituents is 1. The Balaban J connectivity index is 3.52. The van der Waals surface area contributed by atoms with Crippen molar-refractivity contribution in [2.45, 2.75) is 20.8 Å². The minimum atomic E-state index is -0.872. The van der Waals surface area contributed by atoms with E-state index in [0.717, 1.165) is 0 Å². The molecule has 0 radical (unpaired) electrons. The monoisotopic (exact) mass is 274 g/mol. The van der Waals surface area contributed by atoms with Crippen LogP contribution in [0.2, 0.25) is 0 Å². The predicted molar refractivity (Wildman–Crippen MR) is 72.7 cm³/mol. The average molecular weight is 274 g/mol. The molecule has 1 N–H and O–H groups in total. The topological polar surface area (TPSA) is 104 Å². The molecule has 1 aromatic carbocycles. The fourth-order valence-electron chi connectivity index (χ4n) is 1.55. The smallest absolute Gasteiger partial charge is 0.280 e. The van der Waals surface area contributed by atoms with Crippen molar-refractivity contribution in [3.05, 3.63) is 45.5 Å². The second kappa shape index (κ2) is 5.53. The van der Waals surface area contributed by atoms with E-state index in [9.17, 15) is 20.0 Å². The summed E-state index contributed by atoms with van der Waals surface area (Å²) in [7, 11) is 0. The Morgan fingerprint density at radius 2 is 1.90 bits per heavy atom. The van der Waals surface area contributed by atoms with E-state index >= 15 is 0 Å². The van der Waals surface area contributed by atoms with Crippen molar-refractivity contribution in [1.82, 2.24) is 0 Å². The lowest BCUT2D eigenvalue weighted by Crippen LogP contribution is -2.22. The number of nitriles is 1. The summed E-state index contributed by atoms with van der Waals surface area (Å²) < 4.78 is 0. The lowest BCUT2D eigenvalue weighted by molar-refractivity contribution is -0.385. The molecule has 0 bridgehead atoms. The lowest BCUT2D eigenvalue weighted by atomic mass is 9.85. The summed E-state index contributed by atoms with van der Waals surface area (Å²) in [4.78, 5) is 22.3. The van der Waals surface area contributed by atoms with Crippen molar-refractivity contribution in [1.29, 1.82) is 5.26 Å². The SMILES string of the molecule is CC(C)(C)C(=O)C(C#N)=C(O)c1ccccc1[N+](=O)[O-]. The number of nitro groups is 1. The summed E-state index contributed by atoms with van der Waals surface area (Å²) in [5, 5.41) is 30.0. The largest absolute Gasteiger partial charge is 0.506 e. The van der Waals surface area contributed by atoms with E-state index in [1.807, 2.05) is 0 Å². The Hall–Kier alpha value is -2.68. The van der Waals surface area contributed by atoms with Crippen molar-refractivity contribution in [3.8, 4) is 6.07 Å². The van der Waals surface area contributed by atoms with Crippen molar-refractivity contribution in [2.75, 3.05) is 0 Å². The van der Waals surface area contributed by atoms with Gasteiger partial charge in [0.25, 0.3) is 5.69 Å². The van der Waals surface area contributed by atoms with Gasteiger partial charge in [-0.25, -0.2) is 0 Å². The molecule has 0 unspecified atom stereocenters. The first-order chi connectivity index (χ1) is 9.20.